The van der Waals surface area contributed by atoms with Crippen molar-refractivity contribution in [2.75, 3.05) is 13.2 Å². The highest BCUT2D eigenvalue weighted by Crippen LogP contribution is 2.25. The van der Waals surface area contributed by atoms with Crippen molar-refractivity contribution in [2.24, 2.45) is 11.8 Å². The Labute approximate surface area is 124 Å². The largest absolute Gasteiger partial charge is 0.466 e. The van der Waals surface area contributed by atoms with Gasteiger partial charge in [0.2, 0.25) is 0 Å². The minimum atomic E-state index is -0.193. The summed E-state index contributed by atoms with van der Waals surface area (Å²) in [5.41, 5.74) is 0. The van der Waals surface area contributed by atoms with Crippen LogP contribution in [0.3, 0.4) is 0 Å². The van der Waals surface area contributed by atoms with Crippen LogP contribution in [-0.4, -0.2) is 24.3 Å². The molecule has 2 aliphatic carbocycles. The standard InChI is InChI=1S/C9H13FO2.C7H11FO/c1-2-12-9(11)7-3-5-8(10)6-4-7;8-7-3-1-6(5-9)2-4-7/h5,7H,2-4,6H2,1H3;3,6,9H,1-2,4-5H2. The van der Waals surface area contributed by atoms with E-state index in [4.69, 9.17) is 9.84 Å². The van der Waals surface area contributed by atoms with E-state index in [0.717, 1.165) is 6.42 Å². The van der Waals surface area contributed by atoms with Gasteiger partial charge in [-0.2, -0.15) is 0 Å². The molecule has 120 valence electrons. The molecular formula is C16H24F2O3. The Morgan fingerprint density at radius 2 is 1.86 bits per heavy atom. The van der Waals surface area contributed by atoms with Gasteiger partial charge in [0, 0.05) is 6.61 Å². The Kier molecular flexibility index (Phi) is 8.20. The van der Waals surface area contributed by atoms with E-state index in [1.807, 2.05) is 0 Å². The highest BCUT2D eigenvalue weighted by Gasteiger charge is 2.22. The van der Waals surface area contributed by atoms with Crippen LogP contribution >= 0.6 is 0 Å². The maximum atomic E-state index is 12.5. The second kappa shape index (κ2) is 9.66. The van der Waals surface area contributed by atoms with Gasteiger partial charge in [-0.05, 0) is 51.4 Å². The van der Waals surface area contributed by atoms with Crippen molar-refractivity contribution in [1.29, 1.82) is 0 Å². The SMILES string of the molecule is CCOC(=O)C1CC=C(F)CC1.OCC1CC=C(F)CC1. The van der Waals surface area contributed by atoms with E-state index in [1.54, 1.807) is 13.0 Å². The van der Waals surface area contributed by atoms with Crippen LogP contribution in [0, 0.1) is 11.8 Å². The third-order valence-electron chi connectivity index (χ3n) is 3.70. The van der Waals surface area contributed by atoms with Crippen LogP contribution in [0.1, 0.15) is 45.4 Å². The van der Waals surface area contributed by atoms with E-state index in [9.17, 15) is 13.6 Å². The van der Waals surface area contributed by atoms with Crippen LogP contribution in [0.25, 0.3) is 0 Å². The van der Waals surface area contributed by atoms with Crippen molar-refractivity contribution in [2.45, 2.75) is 45.4 Å². The average Bonchev–Trinajstić information content (AvgIpc) is 2.50. The van der Waals surface area contributed by atoms with Crippen LogP contribution in [0.15, 0.2) is 23.8 Å². The summed E-state index contributed by atoms with van der Waals surface area (Å²) in [6.07, 6.45) is 6.54. The maximum absolute atomic E-state index is 12.5. The first-order valence-corrected chi connectivity index (χ1v) is 7.53. The molecule has 21 heavy (non-hydrogen) atoms. The number of aliphatic hydroxyl groups is 1. The van der Waals surface area contributed by atoms with Crippen LogP contribution < -0.4 is 0 Å². The average molecular weight is 302 g/mol. The van der Waals surface area contributed by atoms with Gasteiger partial charge in [0.1, 0.15) is 0 Å². The number of aliphatic hydroxyl groups excluding tert-OH is 1. The number of carbonyl (C=O) groups is 1. The molecular weight excluding hydrogens is 278 g/mol. The van der Waals surface area contributed by atoms with Gasteiger partial charge in [0.25, 0.3) is 0 Å². The van der Waals surface area contributed by atoms with Crippen LogP contribution in [0.2, 0.25) is 0 Å². The Balaban J connectivity index is 0.000000219. The summed E-state index contributed by atoms with van der Waals surface area (Å²) in [7, 11) is 0. The van der Waals surface area contributed by atoms with Gasteiger partial charge in [-0.1, -0.05) is 12.2 Å². The minimum absolute atomic E-state index is 0.0142. The zero-order valence-electron chi connectivity index (χ0n) is 12.5. The summed E-state index contributed by atoms with van der Waals surface area (Å²) in [4.78, 5) is 11.1. The minimum Gasteiger partial charge on any atom is -0.466 e. The Bertz CT molecular complexity index is 391. The van der Waals surface area contributed by atoms with Crippen molar-refractivity contribution < 1.29 is 23.4 Å². The third kappa shape index (κ3) is 6.85. The molecule has 5 heteroatoms. The van der Waals surface area contributed by atoms with E-state index in [0.29, 0.717) is 44.6 Å². The lowest BCUT2D eigenvalue weighted by molar-refractivity contribution is -0.148. The summed E-state index contributed by atoms with van der Waals surface area (Å²) >= 11 is 0. The third-order valence-corrected chi connectivity index (χ3v) is 3.70. The van der Waals surface area contributed by atoms with Gasteiger partial charge in [-0.25, -0.2) is 8.78 Å². The lowest BCUT2D eigenvalue weighted by atomic mass is 9.94. The molecule has 0 aromatic rings. The van der Waals surface area contributed by atoms with Crippen LogP contribution in [-0.2, 0) is 9.53 Å². The maximum Gasteiger partial charge on any atom is 0.309 e. The van der Waals surface area contributed by atoms with E-state index in [-0.39, 0.29) is 30.1 Å². The van der Waals surface area contributed by atoms with E-state index in [1.165, 1.54) is 6.08 Å². The summed E-state index contributed by atoms with van der Waals surface area (Å²) in [5.74, 6) is -0.120. The molecule has 0 aromatic carbocycles. The van der Waals surface area contributed by atoms with Crippen molar-refractivity contribution in [3.63, 3.8) is 0 Å². The molecule has 0 heterocycles. The fraction of sp³-hybridized carbons (Fsp3) is 0.688. The summed E-state index contributed by atoms with van der Waals surface area (Å²) in [5, 5.41) is 8.63. The molecule has 1 N–H and O–H groups in total. The molecule has 2 unspecified atom stereocenters. The van der Waals surface area contributed by atoms with Crippen molar-refractivity contribution in [3.05, 3.63) is 23.8 Å². The summed E-state index contributed by atoms with van der Waals surface area (Å²) in [6, 6.07) is 0. The zero-order valence-corrected chi connectivity index (χ0v) is 12.5. The van der Waals surface area contributed by atoms with Gasteiger partial charge >= 0.3 is 5.97 Å². The quantitative estimate of drug-likeness (QED) is 0.806. The fourth-order valence-electron chi connectivity index (χ4n) is 2.30. The molecule has 3 nitrogen and oxygen atoms in total. The highest BCUT2D eigenvalue weighted by atomic mass is 19.1. The number of hydrogen-bond acceptors (Lipinski definition) is 3. The van der Waals surface area contributed by atoms with Crippen molar-refractivity contribution >= 4 is 5.97 Å². The van der Waals surface area contributed by atoms with E-state index < -0.39 is 0 Å². The molecule has 0 aliphatic heterocycles. The molecule has 0 fully saturated rings. The zero-order chi connectivity index (χ0) is 15.7. The predicted octanol–water partition coefficient (Wildman–Crippen LogP) is 3.84. The Morgan fingerprint density at radius 3 is 2.29 bits per heavy atom. The molecule has 0 bridgehead atoms. The Morgan fingerprint density at radius 1 is 1.24 bits per heavy atom. The van der Waals surface area contributed by atoms with Gasteiger partial charge < -0.3 is 9.84 Å². The van der Waals surface area contributed by atoms with Crippen molar-refractivity contribution in [1.82, 2.24) is 0 Å². The highest BCUT2D eigenvalue weighted by molar-refractivity contribution is 5.72. The molecule has 0 radical (unpaired) electrons. The summed E-state index contributed by atoms with van der Waals surface area (Å²) < 4.78 is 29.6. The number of rotatable bonds is 3. The molecule has 0 saturated carbocycles. The van der Waals surface area contributed by atoms with Crippen molar-refractivity contribution in [3.8, 4) is 0 Å². The second-order valence-electron chi connectivity index (χ2n) is 5.35. The normalized spacial score (nSPS) is 25.1. The smallest absolute Gasteiger partial charge is 0.309 e. The van der Waals surface area contributed by atoms with E-state index in [2.05, 4.69) is 0 Å². The molecule has 2 rings (SSSR count). The molecule has 0 spiro atoms. The lowest BCUT2D eigenvalue weighted by Gasteiger charge is -2.16. The fourth-order valence-corrected chi connectivity index (χ4v) is 2.30. The number of esters is 1. The Hall–Kier alpha value is -1.23. The monoisotopic (exact) mass is 302 g/mol. The first-order chi connectivity index (χ1) is 10.1. The first-order valence-electron chi connectivity index (χ1n) is 7.53. The van der Waals surface area contributed by atoms with Gasteiger partial charge in [-0.15, -0.1) is 0 Å². The molecule has 0 amide bonds. The predicted molar refractivity (Wildman–Crippen MR) is 76.8 cm³/mol. The second-order valence-corrected chi connectivity index (χ2v) is 5.35. The summed E-state index contributed by atoms with van der Waals surface area (Å²) in [6.45, 7) is 2.38. The lowest BCUT2D eigenvalue weighted by Crippen LogP contribution is -2.19. The number of allylic oxidation sites excluding steroid dienone is 4. The van der Waals surface area contributed by atoms with Crippen LogP contribution in [0.4, 0.5) is 8.78 Å². The number of carbonyl (C=O) groups excluding carboxylic acids is 1. The molecule has 0 aromatic heterocycles. The van der Waals surface area contributed by atoms with Gasteiger partial charge in [-0.3, -0.25) is 4.79 Å². The molecule has 2 atom stereocenters. The van der Waals surface area contributed by atoms with Gasteiger partial charge in [0.05, 0.1) is 24.2 Å². The van der Waals surface area contributed by atoms with Crippen LogP contribution in [0.5, 0.6) is 0 Å². The topological polar surface area (TPSA) is 46.5 Å². The number of hydrogen-bond donors (Lipinski definition) is 1. The number of ether oxygens (including phenoxy) is 1. The molecule has 2 aliphatic rings. The van der Waals surface area contributed by atoms with Gasteiger partial charge in [0.15, 0.2) is 0 Å². The first kappa shape index (κ1) is 17.8. The van der Waals surface area contributed by atoms with E-state index >= 15 is 0 Å². The number of halogens is 2. The molecule has 0 saturated heterocycles.